The minimum atomic E-state index is -3.45. The summed E-state index contributed by atoms with van der Waals surface area (Å²) < 4.78 is 29.6. The number of cyclic esters (lactones) is 1. The highest BCUT2D eigenvalue weighted by Gasteiger charge is 2.32. The van der Waals surface area contributed by atoms with Gasteiger partial charge in [0.05, 0.1) is 22.9 Å². The lowest BCUT2D eigenvalue weighted by Crippen LogP contribution is -2.34. The van der Waals surface area contributed by atoms with Crippen molar-refractivity contribution in [1.82, 2.24) is 5.32 Å². The van der Waals surface area contributed by atoms with Crippen LogP contribution in [0, 0.1) is 0 Å². The second-order valence-corrected chi connectivity index (χ2v) is 10.6. The number of halogens is 1. The maximum Gasteiger partial charge on any atom is 0.414 e. The Hall–Kier alpha value is -2.88. The topological polar surface area (TPSA) is 92.8 Å². The van der Waals surface area contributed by atoms with Gasteiger partial charge in [0.25, 0.3) is 5.91 Å². The number of nitrogens with zero attached hydrogens (tertiary/aromatic N) is 1. The van der Waals surface area contributed by atoms with Crippen molar-refractivity contribution in [1.29, 1.82) is 0 Å². The second-order valence-electron chi connectivity index (χ2n) is 7.26. The van der Waals surface area contributed by atoms with Crippen molar-refractivity contribution in [3.8, 4) is 11.1 Å². The van der Waals surface area contributed by atoms with E-state index in [1.165, 1.54) is 28.4 Å². The van der Waals surface area contributed by atoms with Crippen molar-refractivity contribution in [2.24, 2.45) is 0 Å². The molecule has 0 spiro atoms. The molecule has 0 radical (unpaired) electrons. The van der Waals surface area contributed by atoms with Crippen molar-refractivity contribution in [3.05, 3.63) is 69.9 Å². The zero-order chi connectivity index (χ0) is 22.9. The van der Waals surface area contributed by atoms with Gasteiger partial charge in [-0.2, -0.15) is 0 Å². The lowest BCUT2D eigenvalue weighted by molar-refractivity contribution is 0.0920. The number of sulfone groups is 1. The normalized spacial score (nSPS) is 16.1. The summed E-state index contributed by atoms with van der Waals surface area (Å²) in [7, 11) is -3.45. The molecule has 0 unspecified atom stereocenters. The number of amides is 2. The molecule has 1 N–H and O–H groups in total. The zero-order valence-corrected chi connectivity index (χ0v) is 19.3. The van der Waals surface area contributed by atoms with Crippen LogP contribution in [0.3, 0.4) is 0 Å². The van der Waals surface area contributed by atoms with Crippen LogP contribution in [0.25, 0.3) is 11.1 Å². The van der Waals surface area contributed by atoms with Crippen molar-refractivity contribution >= 4 is 50.5 Å². The monoisotopic (exact) mass is 490 g/mol. The molecule has 1 aliphatic rings. The number of anilines is 1. The van der Waals surface area contributed by atoms with E-state index in [4.69, 9.17) is 16.3 Å². The van der Waals surface area contributed by atoms with E-state index in [2.05, 4.69) is 5.32 Å². The van der Waals surface area contributed by atoms with Gasteiger partial charge >= 0.3 is 6.09 Å². The molecular weight excluding hydrogens is 472 g/mol. The Labute approximate surface area is 194 Å². The smallest absolute Gasteiger partial charge is 0.414 e. The van der Waals surface area contributed by atoms with Crippen LogP contribution in [0.4, 0.5) is 10.5 Å². The Morgan fingerprint density at radius 1 is 1.22 bits per heavy atom. The van der Waals surface area contributed by atoms with Gasteiger partial charge < -0.3 is 10.1 Å². The lowest BCUT2D eigenvalue weighted by Gasteiger charge is -2.15. The average molecular weight is 491 g/mol. The highest BCUT2D eigenvalue weighted by atomic mass is 35.5. The van der Waals surface area contributed by atoms with E-state index in [9.17, 15) is 18.0 Å². The maximum atomic E-state index is 12.3. The fourth-order valence-electron chi connectivity index (χ4n) is 3.41. The van der Waals surface area contributed by atoms with Crippen LogP contribution in [0.5, 0.6) is 0 Å². The summed E-state index contributed by atoms with van der Waals surface area (Å²) in [5.41, 5.74) is 1.75. The summed E-state index contributed by atoms with van der Waals surface area (Å²) in [5, 5.41) is 5.01. The lowest BCUT2D eigenvalue weighted by atomic mass is 10.1. The summed E-state index contributed by atoms with van der Waals surface area (Å²) in [6, 6.07) is 15.0. The van der Waals surface area contributed by atoms with Crippen molar-refractivity contribution in [2.75, 3.05) is 24.2 Å². The van der Waals surface area contributed by atoms with E-state index in [1.807, 2.05) is 5.38 Å². The van der Waals surface area contributed by atoms with E-state index >= 15 is 0 Å². The van der Waals surface area contributed by atoms with Crippen LogP contribution in [0.15, 0.2) is 64.9 Å². The molecule has 1 atom stereocenters. The standard InChI is InChI=1S/C22H19ClN2O5S2/c1-32(28,29)20-9-6-15(23)11-18(20)14-4-7-16(8-5-14)25-13-17(30-22(25)27)12-24-21(26)19-3-2-10-31-19/h2-11,17H,12-13H2,1H3,(H,24,26)/t17-/m0/s1. The molecule has 1 aliphatic heterocycles. The minimum absolute atomic E-state index is 0.178. The number of benzene rings is 2. The number of nitrogens with one attached hydrogen (secondary N) is 1. The quantitative estimate of drug-likeness (QED) is 0.558. The number of rotatable bonds is 6. The fourth-order valence-corrected chi connectivity index (χ4v) is 5.12. The molecule has 1 aromatic heterocycles. The molecular formula is C22H19ClN2O5S2. The molecule has 0 saturated carbocycles. The first kappa shape index (κ1) is 22.3. The largest absolute Gasteiger partial charge is 0.442 e. The molecule has 166 valence electrons. The van der Waals surface area contributed by atoms with Gasteiger partial charge in [0, 0.05) is 22.5 Å². The Morgan fingerprint density at radius 2 is 1.97 bits per heavy atom. The maximum absolute atomic E-state index is 12.3. The number of hydrogen-bond donors (Lipinski definition) is 1. The fraction of sp³-hybridized carbons (Fsp3) is 0.182. The van der Waals surface area contributed by atoms with E-state index in [-0.39, 0.29) is 23.9 Å². The summed E-state index contributed by atoms with van der Waals surface area (Å²) in [6.45, 7) is 0.492. The Balaban J connectivity index is 1.47. The van der Waals surface area contributed by atoms with E-state index in [1.54, 1.807) is 42.5 Å². The number of hydrogen-bond acceptors (Lipinski definition) is 6. The third-order valence-corrected chi connectivity index (χ3v) is 7.20. The van der Waals surface area contributed by atoms with Gasteiger partial charge in [-0.05, 0) is 47.3 Å². The molecule has 0 aliphatic carbocycles. The van der Waals surface area contributed by atoms with Crippen molar-refractivity contribution in [3.63, 3.8) is 0 Å². The van der Waals surface area contributed by atoms with Gasteiger partial charge in [-0.3, -0.25) is 9.69 Å². The molecule has 2 aromatic carbocycles. The van der Waals surface area contributed by atoms with Gasteiger partial charge in [-0.15, -0.1) is 11.3 Å². The van der Waals surface area contributed by atoms with Crippen LogP contribution in [0.1, 0.15) is 9.67 Å². The predicted octanol–water partition coefficient (Wildman–Crippen LogP) is 4.23. The molecule has 1 saturated heterocycles. The van der Waals surface area contributed by atoms with Crippen LogP contribution >= 0.6 is 22.9 Å². The van der Waals surface area contributed by atoms with Gasteiger partial charge in [0.1, 0.15) is 6.10 Å². The predicted molar refractivity (Wildman–Crippen MR) is 124 cm³/mol. The molecule has 1 fully saturated rings. The molecule has 10 heteroatoms. The number of ether oxygens (including phenoxy) is 1. The first-order chi connectivity index (χ1) is 15.2. The summed E-state index contributed by atoms with van der Waals surface area (Å²) >= 11 is 7.42. The van der Waals surface area contributed by atoms with Gasteiger partial charge in [0.2, 0.25) is 0 Å². The SMILES string of the molecule is CS(=O)(=O)c1ccc(Cl)cc1-c1ccc(N2C[C@H](CNC(=O)c3cccs3)OC2=O)cc1. The van der Waals surface area contributed by atoms with Crippen LogP contribution < -0.4 is 10.2 Å². The zero-order valence-electron chi connectivity index (χ0n) is 16.9. The highest BCUT2D eigenvalue weighted by Crippen LogP contribution is 2.32. The van der Waals surface area contributed by atoms with Gasteiger partial charge in [-0.25, -0.2) is 13.2 Å². The first-order valence-electron chi connectivity index (χ1n) is 9.62. The van der Waals surface area contributed by atoms with Gasteiger partial charge in [-0.1, -0.05) is 29.8 Å². The van der Waals surface area contributed by atoms with Crippen LogP contribution in [-0.4, -0.2) is 45.9 Å². The Kier molecular flexibility index (Phi) is 6.23. The number of carbonyl (C=O) groups is 2. The molecule has 2 heterocycles. The first-order valence-corrected chi connectivity index (χ1v) is 12.8. The molecule has 3 aromatic rings. The summed E-state index contributed by atoms with van der Waals surface area (Å²) in [4.78, 5) is 26.7. The molecule has 0 bridgehead atoms. The molecule has 4 rings (SSSR count). The van der Waals surface area contributed by atoms with Crippen LogP contribution in [0.2, 0.25) is 5.02 Å². The highest BCUT2D eigenvalue weighted by molar-refractivity contribution is 7.90. The Morgan fingerprint density at radius 3 is 2.62 bits per heavy atom. The molecule has 2 amide bonds. The van der Waals surface area contributed by atoms with Crippen LogP contribution in [-0.2, 0) is 14.6 Å². The summed E-state index contributed by atoms with van der Waals surface area (Å²) in [6.07, 6.45) is 0.162. The van der Waals surface area contributed by atoms with Crippen molar-refractivity contribution < 1.29 is 22.7 Å². The third-order valence-electron chi connectivity index (χ3n) is 4.94. The number of thiophene rings is 1. The molecule has 32 heavy (non-hydrogen) atoms. The van der Waals surface area contributed by atoms with Crippen molar-refractivity contribution in [2.45, 2.75) is 11.0 Å². The molecule has 7 nitrogen and oxygen atoms in total. The third kappa shape index (κ3) is 4.79. The minimum Gasteiger partial charge on any atom is -0.442 e. The van der Waals surface area contributed by atoms with Gasteiger partial charge in [0.15, 0.2) is 9.84 Å². The second kappa shape index (κ2) is 8.93. The van der Waals surface area contributed by atoms with E-state index < -0.39 is 22.0 Å². The van der Waals surface area contributed by atoms with E-state index in [0.29, 0.717) is 26.7 Å². The average Bonchev–Trinajstić information content (AvgIpc) is 3.41. The Bertz CT molecular complexity index is 1260. The number of carbonyl (C=O) groups excluding carboxylic acids is 2. The summed E-state index contributed by atoms with van der Waals surface area (Å²) in [5.74, 6) is -0.206. The van der Waals surface area contributed by atoms with E-state index in [0.717, 1.165) is 6.26 Å².